The van der Waals surface area contributed by atoms with E-state index in [2.05, 4.69) is 23.5 Å². The first-order chi connectivity index (χ1) is 7.90. The Morgan fingerprint density at radius 2 is 2.38 bits per heavy atom. The smallest absolute Gasteiger partial charge is 0.122 e. The first kappa shape index (κ1) is 11.4. The summed E-state index contributed by atoms with van der Waals surface area (Å²) in [5.74, 6) is 1.07. The van der Waals surface area contributed by atoms with E-state index in [-0.39, 0.29) is 0 Å². The van der Waals surface area contributed by atoms with Crippen LogP contribution in [0.1, 0.15) is 17.5 Å². The lowest BCUT2D eigenvalue weighted by Gasteiger charge is -2.17. The van der Waals surface area contributed by atoms with Gasteiger partial charge in [0, 0.05) is 13.7 Å². The van der Waals surface area contributed by atoms with Crippen molar-refractivity contribution in [2.24, 2.45) is 0 Å². The Balaban J connectivity index is 1.90. The molecule has 0 unspecified atom stereocenters. The Bertz CT molecular complexity index is 339. The third-order valence-corrected chi connectivity index (χ3v) is 2.81. The zero-order valence-electron chi connectivity index (χ0n) is 9.79. The van der Waals surface area contributed by atoms with Gasteiger partial charge in [0.25, 0.3) is 0 Å². The van der Waals surface area contributed by atoms with Gasteiger partial charge in [-0.1, -0.05) is 12.1 Å². The molecule has 1 N–H and O–H groups in total. The van der Waals surface area contributed by atoms with Gasteiger partial charge in [0.2, 0.25) is 0 Å². The number of rotatable bonds is 5. The molecule has 1 aliphatic rings. The first-order valence-corrected chi connectivity index (χ1v) is 5.84. The summed E-state index contributed by atoms with van der Waals surface area (Å²) >= 11 is 0. The van der Waals surface area contributed by atoms with E-state index < -0.39 is 0 Å². The van der Waals surface area contributed by atoms with Crippen molar-refractivity contribution >= 4 is 0 Å². The normalized spacial score (nSPS) is 14.3. The summed E-state index contributed by atoms with van der Waals surface area (Å²) < 4.78 is 10.5. The highest BCUT2D eigenvalue weighted by Crippen LogP contribution is 2.25. The Morgan fingerprint density at radius 3 is 3.25 bits per heavy atom. The first-order valence-electron chi connectivity index (χ1n) is 5.84. The highest BCUT2D eigenvalue weighted by Gasteiger charge is 2.09. The number of methoxy groups -OCH3 is 1. The molecule has 0 saturated heterocycles. The average Bonchev–Trinajstić information content (AvgIpc) is 2.34. The molecule has 16 heavy (non-hydrogen) atoms. The summed E-state index contributed by atoms with van der Waals surface area (Å²) in [4.78, 5) is 0. The molecule has 0 aromatic heterocycles. The number of hydrogen-bond donors (Lipinski definition) is 1. The van der Waals surface area contributed by atoms with Crippen molar-refractivity contribution in [3.63, 3.8) is 0 Å². The van der Waals surface area contributed by atoms with E-state index in [0.29, 0.717) is 6.73 Å². The van der Waals surface area contributed by atoms with E-state index in [4.69, 9.17) is 9.47 Å². The number of benzene rings is 1. The quantitative estimate of drug-likeness (QED) is 0.607. The molecule has 3 heteroatoms. The van der Waals surface area contributed by atoms with Crippen LogP contribution in [0.2, 0.25) is 0 Å². The fourth-order valence-electron chi connectivity index (χ4n) is 1.98. The van der Waals surface area contributed by atoms with Crippen LogP contribution in [0, 0.1) is 0 Å². The van der Waals surface area contributed by atoms with Crippen LogP contribution < -0.4 is 10.1 Å². The fraction of sp³-hybridized carbons (Fsp3) is 0.538. The van der Waals surface area contributed by atoms with Gasteiger partial charge < -0.3 is 9.47 Å². The third kappa shape index (κ3) is 2.97. The van der Waals surface area contributed by atoms with E-state index in [0.717, 1.165) is 38.2 Å². The maximum Gasteiger partial charge on any atom is 0.122 e. The van der Waals surface area contributed by atoms with Gasteiger partial charge in [-0.2, -0.15) is 0 Å². The molecule has 1 aromatic carbocycles. The predicted molar refractivity (Wildman–Crippen MR) is 63.8 cm³/mol. The second kappa shape index (κ2) is 5.87. The molecule has 2 rings (SSSR count). The van der Waals surface area contributed by atoms with Crippen LogP contribution in [-0.2, 0) is 17.6 Å². The molecule has 0 aliphatic carbocycles. The van der Waals surface area contributed by atoms with E-state index in [1.165, 1.54) is 11.1 Å². The summed E-state index contributed by atoms with van der Waals surface area (Å²) in [5, 5.41) is 3.21. The van der Waals surface area contributed by atoms with Crippen LogP contribution in [0.3, 0.4) is 0 Å². The second-order valence-corrected chi connectivity index (χ2v) is 4.08. The molecular formula is C13H19NO2. The molecule has 1 aliphatic heterocycles. The van der Waals surface area contributed by atoms with Crippen molar-refractivity contribution in [3.8, 4) is 5.75 Å². The number of ether oxygens (including phenoxy) is 2. The van der Waals surface area contributed by atoms with Gasteiger partial charge in [-0.15, -0.1) is 0 Å². The van der Waals surface area contributed by atoms with Gasteiger partial charge in [0.15, 0.2) is 0 Å². The second-order valence-electron chi connectivity index (χ2n) is 4.08. The van der Waals surface area contributed by atoms with Crippen LogP contribution >= 0.6 is 0 Å². The molecule has 0 amide bonds. The van der Waals surface area contributed by atoms with E-state index in [1.54, 1.807) is 7.11 Å². The lowest BCUT2D eigenvalue weighted by Crippen LogP contribution is -2.19. The summed E-state index contributed by atoms with van der Waals surface area (Å²) in [6.45, 7) is 2.43. The minimum atomic E-state index is 0.619. The van der Waals surface area contributed by atoms with E-state index in [1.807, 2.05) is 0 Å². The Labute approximate surface area is 96.8 Å². The number of aryl methyl sites for hydroxylation is 1. The third-order valence-electron chi connectivity index (χ3n) is 2.81. The zero-order chi connectivity index (χ0) is 11.2. The van der Waals surface area contributed by atoms with Gasteiger partial charge in [-0.05, 0) is 36.5 Å². The van der Waals surface area contributed by atoms with E-state index in [9.17, 15) is 0 Å². The molecule has 1 heterocycles. The lowest BCUT2D eigenvalue weighted by molar-refractivity contribution is 0.176. The summed E-state index contributed by atoms with van der Waals surface area (Å²) in [7, 11) is 1.70. The topological polar surface area (TPSA) is 30.5 Å². The van der Waals surface area contributed by atoms with Crippen LogP contribution in [-0.4, -0.2) is 27.0 Å². The van der Waals surface area contributed by atoms with Crippen molar-refractivity contribution in [2.75, 3.05) is 27.0 Å². The largest absolute Gasteiger partial charge is 0.493 e. The molecule has 0 spiro atoms. The SMILES string of the molecule is COCNCCc1ccc2c(c1)CCCO2. The van der Waals surface area contributed by atoms with Gasteiger partial charge in [-0.25, -0.2) is 0 Å². The molecular weight excluding hydrogens is 202 g/mol. The van der Waals surface area contributed by atoms with Crippen molar-refractivity contribution in [3.05, 3.63) is 29.3 Å². The maximum atomic E-state index is 5.59. The molecule has 0 fully saturated rings. The van der Waals surface area contributed by atoms with Crippen LogP contribution in [0.4, 0.5) is 0 Å². The van der Waals surface area contributed by atoms with Crippen LogP contribution in [0.15, 0.2) is 18.2 Å². The summed E-state index contributed by atoms with van der Waals surface area (Å²) in [5.41, 5.74) is 2.73. The number of fused-ring (bicyclic) bond motifs is 1. The number of nitrogens with one attached hydrogen (secondary N) is 1. The minimum Gasteiger partial charge on any atom is -0.493 e. The predicted octanol–water partition coefficient (Wildman–Crippen LogP) is 1.75. The molecule has 0 bridgehead atoms. The van der Waals surface area contributed by atoms with Gasteiger partial charge in [0.05, 0.1) is 13.3 Å². The summed E-state index contributed by atoms with van der Waals surface area (Å²) in [6.07, 6.45) is 3.32. The minimum absolute atomic E-state index is 0.619. The Kier molecular flexibility index (Phi) is 4.19. The Hall–Kier alpha value is -1.06. The zero-order valence-corrected chi connectivity index (χ0v) is 9.79. The van der Waals surface area contributed by atoms with Crippen molar-refractivity contribution in [1.29, 1.82) is 0 Å². The van der Waals surface area contributed by atoms with Crippen LogP contribution in [0.25, 0.3) is 0 Å². The van der Waals surface area contributed by atoms with Crippen molar-refractivity contribution < 1.29 is 9.47 Å². The molecule has 3 nitrogen and oxygen atoms in total. The van der Waals surface area contributed by atoms with Gasteiger partial charge in [0.1, 0.15) is 5.75 Å². The number of hydrogen-bond acceptors (Lipinski definition) is 3. The molecule has 0 saturated carbocycles. The van der Waals surface area contributed by atoms with Gasteiger partial charge in [-0.3, -0.25) is 5.32 Å². The highest BCUT2D eigenvalue weighted by atomic mass is 16.5. The standard InChI is InChI=1S/C13H19NO2/c1-15-10-14-7-6-11-4-5-13-12(9-11)3-2-8-16-13/h4-5,9,14H,2-3,6-8,10H2,1H3. The van der Waals surface area contributed by atoms with Crippen molar-refractivity contribution in [1.82, 2.24) is 5.32 Å². The van der Waals surface area contributed by atoms with E-state index >= 15 is 0 Å². The molecule has 0 radical (unpaired) electrons. The Morgan fingerprint density at radius 1 is 1.44 bits per heavy atom. The molecule has 88 valence electrons. The monoisotopic (exact) mass is 221 g/mol. The van der Waals surface area contributed by atoms with Crippen LogP contribution in [0.5, 0.6) is 5.75 Å². The average molecular weight is 221 g/mol. The maximum absolute atomic E-state index is 5.59. The highest BCUT2D eigenvalue weighted by molar-refractivity contribution is 5.38. The fourth-order valence-corrected chi connectivity index (χ4v) is 1.98. The van der Waals surface area contributed by atoms with Gasteiger partial charge >= 0.3 is 0 Å². The summed E-state index contributed by atoms with van der Waals surface area (Å²) in [6, 6.07) is 6.52. The molecule has 1 aromatic rings. The van der Waals surface area contributed by atoms with Crippen molar-refractivity contribution in [2.45, 2.75) is 19.3 Å². The molecule has 0 atom stereocenters. The lowest BCUT2D eigenvalue weighted by atomic mass is 10.0.